The van der Waals surface area contributed by atoms with Gasteiger partial charge in [0.2, 0.25) is 11.8 Å². The van der Waals surface area contributed by atoms with E-state index in [4.69, 9.17) is 10.5 Å². The maximum atomic E-state index is 13.1. The molecule has 3 N–H and O–H groups in total. The van der Waals surface area contributed by atoms with Crippen molar-refractivity contribution in [3.63, 3.8) is 0 Å². The van der Waals surface area contributed by atoms with Crippen molar-refractivity contribution in [1.82, 2.24) is 4.90 Å². The van der Waals surface area contributed by atoms with Gasteiger partial charge in [-0.2, -0.15) is 4.90 Å². The Balaban J connectivity index is 1.69. The highest BCUT2D eigenvalue weighted by molar-refractivity contribution is 9.12. The standard InChI is InChI=1S/C24H19BrN2O7/c1-34-17-5-2-9(6-15(17)28)18-10-3-4-11-19(23(32)27(22(11)31)24(26)33)12(10)7-13-20(18)16(29)8-14(25)21(13)30/h2-3,5-6,8,11-12,18-19,28H,4,7H2,1H3,(H2,26,33)/t11-,12+,18-,19-/m0/s1. The van der Waals surface area contributed by atoms with E-state index in [1.807, 2.05) is 6.08 Å². The van der Waals surface area contributed by atoms with Gasteiger partial charge in [-0.05, 0) is 52.4 Å². The molecule has 3 aliphatic carbocycles. The number of ether oxygens (including phenoxy) is 1. The van der Waals surface area contributed by atoms with Crippen LogP contribution in [-0.4, -0.2) is 46.5 Å². The molecule has 1 aromatic rings. The Morgan fingerprint density at radius 1 is 1.18 bits per heavy atom. The third kappa shape index (κ3) is 3.01. The number of Topliss-reactive ketones (excluding diaryl/α,β-unsaturated/α-hetero) is 1. The number of phenols is 1. The smallest absolute Gasteiger partial charge is 0.328 e. The van der Waals surface area contributed by atoms with Gasteiger partial charge in [0.25, 0.3) is 0 Å². The fourth-order valence-corrected chi connectivity index (χ4v) is 6.14. The summed E-state index contributed by atoms with van der Waals surface area (Å²) in [5.74, 6) is -4.93. The molecule has 9 nitrogen and oxygen atoms in total. The summed E-state index contributed by atoms with van der Waals surface area (Å²) in [7, 11) is 1.41. The number of urea groups is 1. The molecule has 0 saturated carbocycles. The Bertz CT molecular complexity index is 1310. The first-order valence-corrected chi connectivity index (χ1v) is 11.4. The lowest BCUT2D eigenvalue weighted by Gasteiger charge is -2.42. The molecule has 4 atom stereocenters. The molecule has 0 aromatic heterocycles. The highest BCUT2D eigenvalue weighted by Gasteiger charge is 2.57. The molecule has 4 aliphatic rings. The number of hydrogen-bond acceptors (Lipinski definition) is 7. The molecule has 1 fully saturated rings. The number of carbonyl (C=O) groups excluding carboxylic acids is 5. The number of carbonyl (C=O) groups is 5. The number of methoxy groups -OCH3 is 1. The summed E-state index contributed by atoms with van der Waals surface area (Å²) in [6.07, 6.45) is 3.29. The number of amides is 4. The number of fused-ring (bicyclic) bond motifs is 3. The number of ketones is 2. The number of likely N-dealkylation sites (tertiary alicyclic amines) is 1. The number of nitrogens with two attached hydrogens (primary N) is 1. The van der Waals surface area contributed by atoms with Gasteiger partial charge in [-0.15, -0.1) is 0 Å². The van der Waals surface area contributed by atoms with Gasteiger partial charge in [0, 0.05) is 23.1 Å². The van der Waals surface area contributed by atoms with Crippen LogP contribution in [0.2, 0.25) is 0 Å². The van der Waals surface area contributed by atoms with Gasteiger partial charge in [-0.1, -0.05) is 17.7 Å². The van der Waals surface area contributed by atoms with Crippen LogP contribution in [0, 0.1) is 17.8 Å². The Kier molecular flexibility index (Phi) is 5.09. The minimum Gasteiger partial charge on any atom is -0.504 e. The summed E-state index contributed by atoms with van der Waals surface area (Å²) in [5, 5.41) is 10.4. The van der Waals surface area contributed by atoms with Gasteiger partial charge in [0.05, 0.1) is 23.4 Å². The van der Waals surface area contributed by atoms with E-state index in [2.05, 4.69) is 15.9 Å². The molecule has 1 aliphatic heterocycles. The first-order chi connectivity index (χ1) is 16.1. The van der Waals surface area contributed by atoms with Crippen molar-refractivity contribution in [2.24, 2.45) is 23.5 Å². The predicted molar refractivity (Wildman–Crippen MR) is 121 cm³/mol. The summed E-state index contributed by atoms with van der Waals surface area (Å²) in [6, 6.07) is 3.57. The number of allylic oxidation sites excluding steroid dienone is 6. The number of benzene rings is 1. The average Bonchev–Trinajstić information content (AvgIpc) is 3.06. The number of primary amides is 1. The van der Waals surface area contributed by atoms with E-state index in [0.717, 1.165) is 0 Å². The second-order valence-corrected chi connectivity index (χ2v) is 9.53. The first-order valence-electron chi connectivity index (χ1n) is 10.6. The molecule has 5 rings (SSSR count). The summed E-state index contributed by atoms with van der Waals surface area (Å²) in [5.41, 5.74) is 7.06. The monoisotopic (exact) mass is 526 g/mol. The molecule has 1 heterocycles. The third-order valence-corrected chi connectivity index (χ3v) is 7.68. The van der Waals surface area contributed by atoms with E-state index in [1.165, 1.54) is 19.3 Å². The van der Waals surface area contributed by atoms with Crippen LogP contribution < -0.4 is 10.5 Å². The van der Waals surface area contributed by atoms with Gasteiger partial charge in [0.1, 0.15) is 0 Å². The Hall–Kier alpha value is -3.53. The number of imide groups is 3. The SMILES string of the molecule is COc1ccc([C@H]2C3=CC[C@@H]4C(=O)N(C(N)=O)C(=O)[C@@H]4[C@@H]3CC3=C2C(=O)C=C(Br)C3=O)cc1O. The van der Waals surface area contributed by atoms with E-state index in [-0.39, 0.29) is 51.5 Å². The zero-order valence-corrected chi connectivity index (χ0v) is 19.5. The molecule has 10 heteroatoms. The van der Waals surface area contributed by atoms with Crippen molar-refractivity contribution in [2.45, 2.75) is 18.8 Å². The molecule has 0 radical (unpaired) electrons. The topological polar surface area (TPSA) is 144 Å². The van der Waals surface area contributed by atoms with Crippen LogP contribution >= 0.6 is 15.9 Å². The van der Waals surface area contributed by atoms with Gasteiger partial charge in [-0.3, -0.25) is 19.2 Å². The Labute approximate surface area is 202 Å². The minimum atomic E-state index is -1.13. The fraction of sp³-hybridized carbons (Fsp3) is 0.292. The molecular formula is C24H19BrN2O7. The van der Waals surface area contributed by atoms with Crippen LogP contribution in [0.3, 0.4) is 0 Å². The molecule has 0 bridgehead atoms. The van der Waals surface area contributed by atoms with E-state index in [0.29, 0.717) is 16.0 Å². The van der Waals surface area contributed by atoms with Crippen LogP contribution in [0.5, 0.6) is 11.5 Å². The lowest BCUT2D eigenvalue weighted by molar-refractivity contribution is -0.136. The van der Waals surface area contributed by atoms with E-state index in [1.54, 1.807) is 12.1 Å². The van der Waals surface area contributed by atoms with Crippen LogP contribution in [0.4, 0.5) is 4.79 Å². The highest BCUT2D eigenvalue weighted by Crippen LogP contribution is 2.55. The molecule has 0 spiro atoms. The predicted octanol–water partition coefficient (Wildman–Crippen LogP) is 2.24. The number of rotatable bonds is 2. The second kappa shape index (κ2) is 7.76. The maximum Gasteiger partial charge on any atom is 0.328 e. The molecule has 1 saturated heterocycles. The van der Waals surface area contributed by atoms with E-state index < -0.39 is 41.5 Å². The van der Waals surface area contributed by atoms with Crippen molar-refractivity contribution in [2.75, 3.05) is 7.11 Å². The van der Waals surface area contributed by atoms with Crippen molar-refractivity contribution >= 4 is 45.3 Å². The summed E-state index contributed by atoms with van der Waals surface area (Å²) >= 11 is 3.15. The zero-order valence-electron chi connectivity index (χ0n) is 17.9. The average molecular weight is 527 g/mol. The zero-order chi connectivity index (χ0) is 24.5. The first kappa shape index (κ1) is 22.3. The van der Waals surface area contributed by atoms with Crippen LogP contribution in [0.15, 0.2) is 51.6 Å². The van der Waals surface area contributed by atoms with Gasteiger partial charge >= 0.3 is 6.03 Å². The quantitative estimate of drug-likeness (QED) is 0.341. The molecular weight excluding hydrogens is 508 g/mol. The van der Waals surface area contributed by atoms with Crippen molar-refractivity contribution in [1.29, 1.82) is 0 Å². The Morgan fingerprint density at radius 2 is 1.91 bits per heavy atom. The Morgan fingerprint density at radius 3 is 2.56 bits per heavy atom. The lowest BCUT2D eigenvalue weighted by atomic mass is 9.59. The molecule has 4 amide bonds. The molecule has 34 heavy (non-hydrogen) atoms. The third-order valence-electron chi connectivity index (χ3n) is 7.09. The number of aromatic hydroxyl groups is 1. The van der Waals surface area contributed by atoms with Crippen LogP contribution in [-0.2, 0) is 19.2 Å². The minimum absolute atomic E-state index is 0.0695. The van der Waals surface area contributed by atoms with E-state index in [9.17, 15) is 29.1 Å². The number of nitrogens with zero attached hydrogens (tertiary/aromatic N) is 1. The highest BCUT2D eigenvalue weighted by atomic mass is 79.9. The number of phenolic OH excluding ortho intramolecular Hbond substituents is 1. The van der Waals surface area contributed by atoms with Crippen molar-refractivity contribution in [3.05, 3.63) is 57.1 Å². The van der Waals surface area contributed by atoms with Crippen LogP contribution in [0.25, 0.3) is 0 Å². The fourth-order valence-electron chi connectivity index (χ4n) is 5.69. The number of halogens is 1. The summed E-state index contributed by atoms with van der Waals surface area (Å²) in [4.78, 5) is 64.4. The molecule has 0 unspecified atom stereocenters. The van der Waals surface area contributed by atoms with Crippen molar-refractivity contribution in [3.8, 4) is 11.5 Å². The molecule has 1 aromatic carbocycles. The van der Waals surface area contributed by atoms with Crippen molar-refractivity contribution < 1.29 is 33.8 Å². The normalized spacial score (nSPS) is 28.2. The summed E-state index contributed by atoms with van der Waals surface area (Å²) in [6.45, 7) is 0. The largest absolute Gasteiger partial charge is 0.504 e. The summed E-state index contributed by atoms with van der Waals surface area (Å²) < 4.78 is 5.24. The second-order valence-electron chi connectivity index (χ2n) is 8.68. The van der Waals surface area contributed by atoms with Gasteiger partial charge in [0.15, 0.2) is 23.1 Å². The number of hydrogen-bond donors (Lipinski definition) is 2. The van der Waals surface area contributed by atoms with E-state index >= 15 is 0 Å². The van der Waals surface area contributed by atoms with Gasteiger partial charge < -0.3 is 15.6 Å². The van der Waals surface area contributed by atoms with Gasteiger partial charge in [-0.25, -0.2) is 4.79 Å². The van der Waals surface area contributed by atoms with Crippen LogP contribution in [0.1, 0.15) is 24.3 Å². The lowest BCUT2D eigenvalue weighted by Crippen LogP contribution is -2.42. The maximum absolute atomic E-state index is 13.1. The molecule has 174 valence electrons.